The molecule has 0 N–H and O–H groups in total. The van der Waals surface area contributed by atoms with E-state index in [4.69, 9.17) is 0 Å². The lowest BCUT2D eigenvalue weighted by Crippen LogP contribution is -2.48. The monoisotopic (exact) mass is 296 g/mol. The van der Waals surface area contributed by atoms with E-state index < -0.39 is 0 Å². The van der Waals surface area contributed by atoms with Crippen LogP contribution in [0.5, 0.6) is 0 Å². The lowest BCUT2D eigenvalue weighted by atomic mass is 10.2. The number of halogens is 1. The molecule has 0 aliphatic carbocycles. The molecule has 0 unspecified atom stereocenters. The van der Waals surface area contributed by atoms with Crippen LogP contribution in [-0.2, 0) is 9.59 Å². The summed E-state index contributed by atoms with van der Waals surface area (Å²) in [4.78, 5) is 27.0. The van der Waals surface area contributed by atoms with Gasteiger partial charge in [-0.3, -0.25) is 9.59 Å². The molecular weight excluding hydrogens is 279 g/mol. The average molecular weight is 296 g/mol. The van der Waals surface area contributed by atoms with Gasteiger partial charge in [0.15, 0.2) is 0 Å². The third kappa shape index (κ3) is 3.72. The number of piperazine rings is 1. The number of aryl methyl sites for hydroxylation is 1. The zero-order valence-electron chi connectivity index (χ0n) is 11.3. The minimum atomic E-state index is -0.261. The Kier molecular flexibility index (Phi) is 5.00. The van der Waals surface area contributed by atoms with Crippen molar-refractivity contribution in [3.8, 4) is 0 Å². The van der Waals surface area contributed by atoms with E-state index in [9.17, 15) is 14.0 Å². The van der Waals surface area contributed by atoms with Crippen LogP contribution in [0.25, 0.3) is 0 Å². The molecule has 1 saturated heterocycles. The van der Waals surface area contributed by atoms with Crippen molar-refractivity contribution in [1.29, 1.82) is 0 Å². The van der Waals surface area contributed by atoms with Crippen LogP contribution in [-0.4, -0.2) is 54.0 Å². The molecule has 0 atom stereocenters. The van der Waals surface area contributed by atoms with Crippen molar-refractivity contribution >= 4 is 24.1 Å². The molecule has 0 bridgehead atoms. The number of nitrogens with zero attached hydrogens (tertiary/aromatic N) is 2. The van der Waals surface area contributed by atoms with Gasteiger partial charge in [0, 0.05) is 31.1 Å². The van der Waals surface area contributed by atoms with Gasteiger partial charge in [-0.2, -0.15) is 0 Å². The summed E-state index contributed by atoms with van der Waals surface area (Å²) in [5.74, 6) is 0.139. The molecule has 1 aliphatic heterocycles. The van der Waals surface area contributed by atoms with E-state index in [-0.39, 0.29) is 11.7 Å². The van der Waals surface area contributed by atoms with Crippen LogP contribution in [0.4, 0.5) is 4.39 Å². The first-order valence-corrected chi connectivity index (χ1v) is 7.45. The molecule has 1 heterocycles. The van der Waals surface area contributed by atoms with Crippen LogP contribution in [0, 0.1) is 12.7 Å². The minimum absolute atomic E-state index is 0.0595. The van der Waals surface area contributed by atoms with E-state index in [2.05, 4.69) is 0 Å². The molecular formula is C14H17FN2O2S. The van der Waals surface area contributed by atoms with E-state index in [0.717, 1.165) is 16.9 Å². The first-order chi connectivity index (χ1) is 9.60. The van der Waals surface area contributed by atoms with Crippen molar-refractivity contribution in [2.24, 2.45) is 0 Å². The summed E-state index contributed by atoms with van der Waals surface area (Å²) in [6, 6.07) is 4.57. The number of rotatable bonds is 4. The van der Waals surface area contributed by atoms with Gasteiger partial charge in [-0.05, 0) is 30.7 Å². The van der Waals surface area contributed by atoms with Crippen molar-refractivity contribution in [2.45, 2.75) is 11.8 Å². The molecule has 4 nitrogen and oxygen atoms in total. The Hall–Kier alpha value is -1.56. The van der Waals surface area contributed by atoms with Crippen LogP contribution in [0.15, 0.2) is 23.1 Å². The first kappa shape index (κ1) is 14.8. The molecule has 108 valence electrons. The van der Waals surface area contributed by atoms with Crippen LogP contribution >= 0.6 is 11.8 Å². The third-order valence-corrected chi connectivity index (χ3v) is 4.46. The predicted octanol–water partition coefficient (Wildman–Crippen LogP) is 1.53. The number of thioether (sulfide) groups is 1. The van der Waals surface area contributed by atoms with Crippen molar-refractivity contribution in [2.75, 3.05) is 31.9 Å². The van der Waals surface area contributed by atoms with Crippen molar-refractivity contribution in [3.63, 3.8) is 0 Å². The third-order valence-electron chi connectivity index (χ3n) is 3.30. The topological polar surface area (TPSA) is 40.6 Å². The summed E-state index contributed by atoms with van der Waals surface area (Å²) in [5, 5.41) is 0. The summed E-state index contributed by atoms with van der Waals surface area (Å²) in [5.41, 5.74) is 0.841. The summed E-state index contributed by atoms with van der Waals surface area (Å²) in [6.07, 6.45) is 0.818. The Morgan fingerprint density at radius 2 is 2.05 bits per heavy atom. The highest BCUT2D eigenvalue weighted by Gasteiger charge is 2.20. The molecule has 1 aliphatic rings. The molecule has 0 spiro atoms. The molecule has 20 heavy (non-hydrogen) atoms. The molecule has 1 fully saturated rings. The number of amides is 2. The molecule has 0 aromatic heterocycles. The largest absolute Gasteiger partial charge is 0.342 e. The highest BCUT2D eigenvalue weighted by Crippen LogP contribution is 2.23. The molecule has 1 aromatic carbocycles. The molecule has 6 heteroatoms. The van der Waals surface area contributed by atoms with E-state index >= 15 is 0 Å². The van der Waals surface area contributed by atoms with Gasteiger partial charge >= 0.3 is 0 Å². The second kappa shape index (κ2) is 6.74. The lowest BCUT2D eigenvalue weighted by Gasteiger charge is -2.32. The van der Waals surface area contributed by atoms with Gasteiger partial charge in [0.2, 0.25) is 12.3 Å². The normalized spacial score (nSPS) is 15.3. The summed E-state index contributed by atoms with van der Waals surface area (Å²) in [7, 11) is 0. The van der Waals surface area contributed by atoms with Crippen molar-refractivity contribution in [1.82, 2.24) is 9.80 Å². The maximum absolute atomic E-state index is 13.0. The highest BCUT2D eigenvalue weighted by atomic mass is 32.2. The Balaban J connectivity index is 1.85. The van der Waals surface area contributed by atoms with E-state index in [1.165, 1.54) is 23.9 Å². The molecule has 1 aromatic rings. The van der Waals surface area contributed by atoms with Crippen LogP contribution in [0.1, 0.15) is 5.56 Å². The van der Waals surface area contributed by atoms with Crippen molar-refractivity contribution < 1.29 is 14.0 Å². The smallest absolute Gasteiger partial charge is 0.233 e. The van der Waals surface area contributed by atoms with Gasteiger partial charge in [-0.15, -0.1) is 11.8 Å². The summed E-state index contributed by atoms with van der Waals surface area (Å²) < 4.78 is 13.0. The maximum atomic E-state index is 13.0. The summed E-state index contributed by atoms with van der Waals surface area (Å²) in [6.45, 7) is 4.19. The average Bonchev–Trinajstić information content (AvgIpc) is 2.46. The van der Waals surface area contributed by atoms with Gasteiger partial charge in [-0.25, -0.2) is 4.39 Å². The Bertz CT molecular complexity index is 502. The fourth-order valence-corrected chi connectivity index (χ4v) is 2.99. The van der Waals surface area contributed by atoms with Gasteiger partial charge in [0.1, 0.15) is 5.82 Å². The van der Waals surface area contributed by atoms with Gasteiger partial charge in [0.25, 0.3) is 0 Å². The quantitative estimate of drug-likeness (QED) is 0.625. The molecule has 2 rings (SSSR count). The van der Waals surface area contributed by atoms with Gasteiger partial charge < -0.3 is 9.80 Å². The van der Waals surface area contributed by atoms with Crippen molar-refractivity contribution in [3.05, 3.63) is 29.6 Å². The molecule has 2 amide bonds. The molecule has 0 radical (unpaired) electrons. The number of benzene rings is 1. The Morgan fingerprint density at radius 1 is 1.35 bits per heavy atom. The zero-order valence-corrected chi connectivity index (χ0v) is 12.2. The van der Waals surface area contributed by atoms with Gasteiger partial charge in [-0.1, -0.05) is 0 Å². The second-order valence-corrected chi connectivity index (χ2v) is 5.74. The van der Waals surface area contributed by atoms with Gasteiger partial charge in [0.05, 0.1) is 5.75 Å². The zero-order chi connectivity index (χ0) is 14.5. The first-order valence-electron chi connectivity index (χ1n) is 6.46. The van der Waals surface area contributed by atoms with E-state index in [0.29, 0.717) is 31.9 Å². The number of hydrogen-bond acceptors (Lipinski definition) is 3. The predicted molar refractivity (Wildman–Crippen MR) is 76.1 cm³/mol. The molecule has 0 saturated carbocycles. The SMILES string of the molecule is Cc1cc(F)ccc1SCC(=O)N1CCN(C=O)CC1. The number of hydrogen-bond donors (Lipinski definition) is 0. The number of carbonyl (C=O) groups is 2. The highest BCUT2D eigenvalue weighted by molar-refractivity contribution is 8.00. The van der Waals surface area contributed by atoms with Crippen LogP contribution in [0.2, 0.25) is 0 Å². The lowest BCUT2D eigenvalue weighted by molar-refractivity contribution is -0.132. The van der Waals surface area contributed by atoms with Crippen LogP contribution < -0.4 is 0 Å². The summed E-state index contributed by atoms with van der Waals surface area (Å²) >= 11 is 1.42. The number of carbonyl (C=O) groups excluding carboxylic acids is 2. The van der Waals surface area contributed by atoms with E-state index in [1.807, 2.05) is 6.92 Å². The van der Waals surface area contributed by atoms with E-state index in [1.54, 1.807) is 15.9 Å². The minimum Gasteiger partial charge on any atom is -0.342 e. The fraction of sp³-hybridized carbons (Fsp3) is 0.429. The second-order valence-electron chi connectivity index (χ2n) is 4.72. The Morgan fingerprint density at radius 3 is 2.65 bits per heavy atom. The maximum Gasteiger partial charge on any atom is 0.233 e. The standard InChI is InChI=1S/C14H17FN2O2S/c1-11-8-12(15)2-3-13(11)20-9-14(19)17-6-4-16(10-18)5-7-17/h2-3,8,10H,4-7,9H2,1H3. The Labute approximate surface area is 121 Å². The fourth-order valence-electron chi connectivity index (χ4n) is 2.08. The van der Waals surface area contributed by atoms with Crippen LogP contribution in [0.3, 0.4) is 0 Å².